The van der Waals surface area contributed by atoms with Gasteiger partial charge in [-0.25, -0.2) is 0 Å². The number of rotatable bonds is 7. The lowest BCUT2D eigenvalue weighted by Crippen LogP contribution is -2.47. The average molecular weight is 586 g/mol. The van der Waals surface area contributed by atoms with Crippen LogP contribution in [-0.2, 0) is 22.4 Å². The van der Waals surface area contributed by atoms with E-state index in [1.54, 1.807) is 0 Å². The smallest absolute Gasteiger partial charge is 0.0710 e. The van der Waals surface area contributed by atoms with Crippen molar-refractivity contribution in [1.82, 2.24) is 9.80 Å². The molecule has 40 heavy (non-hydrogen) atoms. The third-order valence-corrected chi connectivity index (χ3v) is 10.8. The summed E-state index contributed by atoms with van der Waals surface area (Å²) in [5.74, 6) is 2.74. The molecule has 0 aliphatic carbocycles. The number of halogens is 2. The molecule has 0 N–H and O–H groups in total. The summed E-state index contributed by atoms with van der Waals surface area (Å²) in [6, 6.07) is 16.9. The maximum absolute atomic E-state index is 6.59. The van der Waals surface area contributed by atoms with Crippen LogP contribution in [0, 0.1) is 23.7 Å². The first-order valence-corrected chi connectivity index (χ1v) is 16.2. The van der Waals surface area contributed by atoms with E-state index >= 15 is 0 Å². The van der Waals surface area contributed by atoms with Gasteiger partial charge in [0.15, 0.2) is 0 Å². The Kier molecular flexibility index (Phi) is 8.85. The molecule has 0 bridgehead atoms. The Hall–Kier alpha value is -1.14. The van der Waals surface area contributed by atoms with Crippen LogP contribution in [0.3, 0.4) is 0 Å². The van der Waals surface area contributed by atoms with E-state index in [0.29, 0.717) is 28.7 Å². The van der Waals surface area contributed by atoms with Gasteiger partial charge in [0.2, 0.25) is 0 Å². The number of ether oxygens (including phenoxy) is 2. The van der Waals surface area contributed by atoms with Gasteiger partial charge in [-0.2, -0.15) is 0 Å². The summed E-state index contributed by atoms with van der Waals surface area (Å²) in [4.78, 5) is 5.40. The third kappa shape index (κ3) is 6.90. The summed E-state index contributed by atoms with van der Waals surface area (Å²) in [5.41, 5.74) is 2.71. The summed E-state index contributed by atoms with van der Waals surface area (Å²) in [6.07, 6.45) is 7.04. The molecule has 2 aromatic rings. The van der Waals surface area contributed by atoms with E-state index in [9.17, 15) is 0 Å². The summed E-state index contributed by atoms with van der Waals surface area (Å²) >= 11 is 12.8. The Morgan fingerprint density at radius 2 is 1.73 bits per heavy atom. The Balaban J connectivity index is 1.08. The van der Waals surface area contributed by atoms with Crippen LogP contribution in [0.4, 0.5) is 0 Å². The maximum Gasteiger partial charge on any atom is 0.0710 e. The van der Waals surface area contributed by atoms with E-state index in [2.05, 4.69) is 60.0 Å². The summed E-state index contributed by atoms with van der Waals surface area (Å²) in [7, 11) is 0. The van der Waals surface area contributed by atoms with Crippen molar-refractivity contribution in [3.05, 3.63) is 69.7 Å². The molecule has 2 unspecified atom stereocenters. The standard InChI is InChI=1S/C34H46Cl2N2O2/c1-33(2)19-27(10-15-39-33)31-23-38(20-28-8-9-30(35)17-32(28)36)22-29(31)21-37-13-11-34(12-14-37)18-26(24-40-34)16-25-6-4-3-5-7-25/h3-9,17,26-27,29,31H,10-16,18-24H2,1-2H3/t26?,27?,29-,31+/m0/s1. The summed E-state index contributed by atoms with van der Waals surface area (Å²) < 4.78 is 12.7. The van der Waals surface area contributed by atoms with Gasteiger partial charge in [-0.15, -0.1) is 0 Å². The van der Waals surface area contributed by atoms with Gasteiger partial charge in [-0.1, -0.05) is 59.6 Å². The van der Waals surface area contributed by atoms with Crippen LogP contribution in [0.25, 0.3) is 0 Å². The molecule has 4 aliphatic rings. The fraction of sp³-hybridized carbons (Fsp3) is 0.647. The molecule has 0 aromatic heterocycles. The number of nitrogens with zero attached hydrogens (tertiary/aromatic N) is 2. The molecule has 4 saturated heterocycles. The van der Waals surface area contributed by atoms with Gasteiger partial charge < -0.3 is 14.4 Å². The molecule has 0 amide bonds. The molecule has 0 radical (unpaired) electrons. The second-order valence-corrected chi connectivity index (χ2v) is 14.6. The van der Waals surface area contributed by atoms with E-state index in [-0.39, 0.29) is 11.2 Å². The average Bonchev–Trinajstić information content (AvgIpc) is 3.51. The van der Waals surface area contributed by atoms with Crippen molar-refractivity contribution in [2.45, 2.75) is 70.1 Å². The van der Waals surface area contributed by atoms with Crippen molar-refractivity contribution in [3.63, 3.8) is 0 Å². The topological polar surface area (TPSA) is 24.9 Å². The number of hydrogen-bond donors (Lipinski definition) is 0. The Labute approximate surface area is 251 Å². The first kappa shape index (κ1) is 29.0. The molecule has 4 nitrogen and oxygen atoms in total. The van der Waals surface area contributed by atoms with Gasteiger partial charge in [0, 0.05) is 55.9 Å². The van der Waals surface area contributed by atoms with Crippen LogP contribution < -0.4 is 0 Å². The van der Waals surface area contributed by atoms with Gasteiger partial charge in [0.25, 0.3) is 0 Å². The highest BCUT2D eigenvalue weighted by molar-refractivity contribution is 6.35. The molecule has 1 spiro atoms. The number of likely N-dealkylation sites (tertiary alicyclic amines) is 2. The van der Waals surface area contributed by atoms with Crippen LogP contribution in [0.5, 0.6) is 0 Å². The van der Waals surface area contributed by atoms with Crippen molar-refractivity contribution in [2.24, 2.45) is 23.7 Å². The molecule has 4 aliphatic heterocycles. The van der Waals surface area contributed by atoms with Crippen molar-refractivity contribution in [2.75, 3.05) is 45.9 Å². The van der Waals surface area contributed by atoms with Crippen LogP contribution in [-0.4, -0.2) is 66.9 Å². The number of hydrogen-bond acceptors (Lipinski definition) is 4. The van der Waals surface area contributed by atoms with E-state index in [1.807, 2.05) is 12.1 Å². The SMILES string of the molecule is CC1(C)CC([C@H]2CN(Cc3ccc(Cl)cc3Cl)C[C@@H]2CN2CCC3(CC2)CC(Cc2ccccc2)CO3)CCO1. The molecule has 4 heterocycles. The normalized spacial score (nSPS) is 30.7. The largest absolute Gasteiger partial charge is 0.376 e. The minimum Gasteiger partial charge on any atom is -0.376 e. The van der Waals surface area contributed by atoms with Crippen LogP contribution >= 0.6 is 23.2 Å². The van der Waals surface area contributed by atoms with E-state index in [4.69, 9.17) is 32.7 Å². The van der Waals surface area contributed by atoms with Crippen molar-refractivity contribution in [3.8, 4) is 0 Å². The van der Waals surface area contributed by atoms with Crippen LogP contribution in [0.2, 0.25) is 10.0 Å². The second-order valence-electron chi connectivity index (χ2n) is 13.8. The predicted octanol–water partition coefficient (Wildman–Crippen LogP) is 7.36. The van der Waals surface area contributed by atoms with Crippen molar-refractivity contribution >= 4 is 23.2 Å². The Bertz CT molecular complexity index is 1130. The lowest BCUT2D eigenvalue weighted by molar-refractivity contribution is -0.0864. The van der Waals surface area contributed by atoms with E-state index < -0.39 is 0 Å². The van der Waals surface area contributed by atoms with Gasteiger partial charge in [-0.3, -0.25) is 4.90 Å². The zero-order chi connectivity index (χ0) is 27.7. The molecule has 6 rings (SSSR count). The number of piperidine rings is 1. The van der Waals surface area contributed by atoms with Gasteiger partial charge >= 0.3 is 0 Å². The lowest BCUT2D eigenvalue weighted by atomic mass is 9.75. The minimum absolute atomic E-state index is 0.0199. The molecule has 218 valence electrons. The van der Waals surface area contributed by atoms with Crippen LogP contribution in [0.15, 0.2) is 48.5 Å². The van der Waals surface area contributed by atoms with E-state index in [0.717, 1.165) is 63.8 Å². The first-order valence-electron chi connectivity index (χ1n) is 15.5. The monoisotopic (exact) mass is 584 g/mol. The molecule has 6 heteroatoms. The lowest BCUT2D eigenvalue weighted by Gasteiger charge is -2.42. The molecule has 2 aromatic carbocycles. The minimum atomic E-state index is -0.0199. The Morgan fingerprint density at radius 1 is 0.925 bits per heavy atom. The van der Waals surface area contributed by atoms with Gasteiger partial charge in [0.1, 0.15) is 0 Å². The predicted molar refractivity (Wildman–Crippen MR) is 164 cm³/mol. The van der Waals surface area contributed by atoms with E-state index in [1.165, 1.54) is 43.4 Å². The van der Waals surface area contributed by atoms with Gasteiger partial charge in [0.05, 0.1) is 17.8 Å². The van der Waals surface area contributed by atoms with Crippen molar-refractivity contribution < 1.29 is 9.47 Å². The molecular weight excluding hydrogens is 539 g/mol. The maximum atomic E-state index is 6.59. The highest BCUT2D eigenvalue weighted by Gasteiger charge is 2.45. The highest BCUT2D eigenvalue weighted by atomic mass is 35.5. The third-order valence-electron chi connectivity index (χ3n) is 10.2. The summed E-state index contributed by atoms with van der Waals surface area (Å²) in [6.45, 7) is 13.0. The van der Waals surface area contributed by atoms with Crippen LogP contribution in [0.1, 0.15) is 57.1 Å². The molecule has 4 fully saturated rings. The Morgan fingerprint density at radius 3 is 2.48 bits per heavy atom. The second kappa shape index (κ2) is 12.2. The number of benzene rings is 2. The van der Waals surface area contributed by atoms with Crippen molar-refractivity contribution in [1.29, 1.82) is 0 Å². The highest BCUT2D eigenvalue weighted by Crippen LogP contribution is 2.43. The molecule has 0 saturated carbocycles. The van der Waals surface area contributed by atoms with Gasteiger partial charge in [-0.05, 0) is 99.3 Å². The fourth-order valence-corrected chi connectivity index (χ4v) is 8.69. The quantitative estimate of drug-likeness (QED) is 0.339. The molecule has 4 atom stereocenters. The molecular formula is C34H46Cl2N2O2. The zero-order valence-electron chi connectivity index (χ0n) is 24.3. The summed E-state index contributed by atoms with van der Waals surface area (Å²) in [5, 5.41) is 1.49. The zero-order valence-corrected chi connectivity index (χ0v) is 25.8. The first-order chi connectivity index (χ1) is 19.3. The fourth-order valence-electron chi connectivity index (χ4n) is 8.22.